The fourth-order valence-corrected chi connectivity index (χ4v) is 1.83. The Kier molecular flexibility index (Phi) is 2.34. The summed E-state index contributed by atoms with van der Waals surface area (Å²) in [5.74, 6) is 0.0878. The second-order valence-electron chi connectivity index (χ2n) is 4.41. The van der Waals surface area contributed by atoms with Crippen molar-refractivity contribution in [3.8, 4) is 0 Å². The van der Waals surface area contributed by atoms with E-state index in [9.17, 15) is 4.79 Å². The van der Waals surface area contributed by atoms with Crippen LogP contribution in [0.2, 0.25) is 0 Å². The van der Waals surface area contributed by atoms with Crippen LogP contribution in [-0.2, 0) is 23.0 Å². The lowest BCUT2D eigenvalue weighted by atomic mass is 9.93. The van der Waals surface area contributed by atoms with E-state index in [1.165, 1.54) is 4.80 Å². The van der Waals surface area contributed by atoms with Crippen molar-refractivity contribution in [1.82, 2.24) is 15.0 Å². The summed E-state index contributed by atoms with van der Waals surface area (Å²) in [6.45, 7) is 4.11. The Morgan fingerprint density at radius 3 is 2.87 bits per heavy atom. The number of aromatic nitrogens is 3. The maximum absolute atomic E-state index is 11.9. The Morgan fingerprint density at radius 2 is 2.40 bits per heavy atom. The third-order valence-corrected chi connectivity index (χ3v) is 2.71. The molecule has 0 amide bonds. The van der Waals surface area contributed by atoms with Gasteiger partial charge in [-0.2, -0.15) is 15.0 Å². The summed E-state index contributed by atoms with van der Waals surface area (Å²) in [6.07, 6.45) is 2.31. The third kappa shape index (κ3) is 1.92. The van der Waals surface area contributed by atoms with Crippen molar-refractivity contribution in [3.05, 3.63) is 11.9 Å². The van der Waals surface area contributed by atoms with Gasteiger partial charge in [-0.05, 0) is 13.8 Å². The lowest BCUT2D eigenvalue weighted by Crippen LogP contribution is -2.30. The van der Waals surface area contributed by atoms with Crippen molar-refractivity contribution in [1.29, 1.82) is 0 Å². The first-order chi connectivity index (χ1) is 6.99. The van der Waals surface area contributed by atoms with Crippen LogP contribution in [0.5, 0.6) is 0 Å². The summed E-state index contributed by atoms with van der Waals surface area (Å²) in [6, 6.07) is 0. The van der Waals surface area contributed by atoms with Gasteiger partial charge in [-0.25, -0.2) is 0 Å². The van der Waals surface area contributed by atoms with Crippen molar-refractivity contribution < 1.29 is 9.53 Å². The van der Waals surface area contributed by atoms with Gasteiger partial charge in [-0.1, -0.05) is 0 Å². The van der Waals surface area contributed by atoms with Crippen molar-refractivity contribution in [2.45, 2.75) is 25.9 Å². The lowest BCUT2D eigenvalue weighted by Gasteiger charge is -2.13. The molecule has 1 saturated heterocycles. The highest BCUT2D eigenvalue weighted by atomic mass is 16.5. The average molecular weight is 209 g/mol. The highest BCUT2D eigenvalue weighted by Gasteiger charge is 2.41. The van der Waals surface area contributed by atoms with Crippen molar-refractivity contribution >= 4 is 5.78 Å². The van der Waals surface area contributed by atoms with Crippen LogP contribution in [0.25, 0.3) is 0 Å². The number of carbonyl (C=O) groups excluding carboxylic acids is 1. The predicted molar refractivity (Wildman–Crippen MR) is 53.2 cm³/mol. The first-order valence-corrected chi connectivity index (χ1v) is 5.02. The van der Waals surface area contributed by atoms with Crippen LogP contribution >= 0.6 is 0 Å². The molecule has 1 aromatic rings. The number of ketones is 1. The molecule has 82 valence electrons. The number of hydrogen-bond acceptors (Lipinski definition) is 4. The SMILES string of the molecule is Cn1ncc(CC2COC(C)(C)C2=O)n1. The molecular weight excluding hydrogens is 194 g/mol. The zero-order chi connectivity index (χ0) is 11.1. The Balaban J connectivity index is 2.06. The average Bonchev–Trinajstić information content (AvgIpc) is 2.66. The minimum absolute atomic E-state index is 0.0725. The van der Waals surface area contributed by atoms with Gasteiger partial charge in [0, 0.05) is 19.4 Å². The number of ether oxygens (including phenoxy) is 1. The molecule has 5 nitrogen and oxygen atoms in total. The van der Waals surface area contributed by atoms with E-state index in [0.29, 0.717) is 13.0 Å². The third-order valence-electron chi connectivity index (χ3n) is 2.71. The van der Waals surface area contributed by atoms with E-state index in [1.54, 1.807) is 13.2 Å². The van der Waals surface area contributed by atoms with E-state index in [-0.39, 0.29) is 11.7 Å². The fraction of sp³-hybridized carbons (Fsp3) is 0.700. The van der Waals surface area contributed by atoms with Gasteiger partial charge in [-0.15, -0.1) is 0 Å². The van der Waals surface area contributed by atoms with Crippen molar-refractivity contribution in [2.75, 3.05) is 6.61 Å². The minimum Gasteiger partial charge on any atom is -0.367 e. The van der Waals surface area contributed by atoms with E-state index >= 15 is 0 Å². The number of rotatable bonds is 2. The summed E-state index contributed by atoms with van der Waals surface area (Å²) in [4.78, 5) is 13.4. The van der Waals surface area contributed by atoms with Crippen LogP contribution in [0.4, 0.5) is 0 Å². The molecule has 1 aromatic heterocycles. The predicted octanol–water partition coefficient (Wildman–Crippen LogP) is 0.352. The molecule has 0 N–H and O–H groups in total. The zero-order valence-electron chi connectivity index (χ0n) is 9.23. The number of aryl methyl sites for hydroxylation is 1. The van der Waals surface area contributed by atoms with Crippen molar-refractivity contribution in [3.63, 3.8) is 0 Å². The molecule has 2 heterocycles. The van der Waals surface area contributed by atoms with Crippen LogP contribution in [0.1, 0.15) is 19.5 Å². The normalized spacial score (nSPS) is 24.7. The van der Waals surface area contributed by atoms with Gasteiger partial charge >= 0.3 is 0 Å². The molecule has 5 heteroatoms. The number of Topliss-reactive ketones (excluding diaryl/α,β-unsaturated/α-hetero) is 1. The molecule has 0 saturated carbocycles. The molecule has 0 spiro atoms. The maximum atomic E-state index is 11.9. The Bertz CT molecular complexity index is 384. The largest absolute Gasteiger partial charge is 0.367 e. The molecule has 1 atom stereocenters. The number of hydrogen-bond donors (Lipinski definition) is 0. The summed E-state index contributed by atoms with van der Waals surface area (Å²) in [5, 5.41) is 8.13. The minimum atomic E-state index is -0.632. The van der Waals surface area contributed by atoms with Gasteiger partial charge in [-0.3, -0.25) is 4.79 Å². The van der Waals surface area contributed by atoms with Gasteiger partial charge < -0.3 is 4.74 Å². The summed E-state index contributed by atoms with van der Waals surface area (Å²) >= 11 is 0. The van der Waals surface area contributed by atoms with Crippen LogP contribution in [-0.4, -0.2) is 33.0 Å². The molecule has 1 fully saturated rings. The summed E-state index contributed by atoms with van der Waals surface area (Å²) < 4.78 is 5.44. The number of nitrogens with zero attached hydrogens (tertiary/aromatic N) is 3. The molecular formula is C10H15N3O2. The van der Waals surface area contributed by atoms with Crippen molar-refractivity contribution in [2.24, 2.45) is 13.0 Å². The zero-order valence-corrected chi connectivity index (χ0v) is 9.23. The second kappa shape index (κ2) is 3.41. The molecule has 0 aromatic carbocycles. The van der Waals surface area contributed by atoms with Gasteiger partial charge in [0.05, 0.1) is 18.5 Å². The van der Waals surface area contributed by atoms with Crippen LogP contribution < -0.4 is 0 Å². The van der Waals surface area contributed by atoms with E-state index < -0.39 is 5.60 Å². The highest BCUT2D eigenvalue weighted by Crippen LogP contribution is 2.27. The Hall–Kier alpha value is -1.23. The van der Waals surface area contributed by atoms with Crippen LogP contribution in [0, 0.1) is 5.92 Å². The Morgan fingerprint density at radius 1 is 1.67 bits per heavy atom. The van der Waals surface area contributed by atoms with E-state index in [4.69, 9.17) is 4.74 Å². The first kappa shape index (κ1) is 10.3. The molecule has 1 aliphatic heterocycles. The smallest absolute Gasteiger partial charge is 0.169 e. The van der Waals surface area contributed by atoms with Gasteiger partial charge in [0.2, 0.25) is 0 Å². The van der Waals surface area contributed by atoms with Gasteiger partial charge in [0.15, 0.2) is 5.78 Å². The van der Waals surface area contributed by atoms with E-state index in [1.807, 2.05) is 13.8 Å². The lowest BCUT2D eigenvalue weighted by molar-refractivity contribution is -0.130. The monoisotopic (exact) mass is 209 g/mol. The number of carbonyl (C=O) groups is 1. The maximum Gasteiger partial charge on any atom is 0.169 e. The summed E-state index contributed by atoms with van der Waals surface area (Å²) in [7, 11) is 1.76. The van der Waals surface area contributed by atoms with Gasteiger partial charge in [0.1, 0.15) is 5.60 Å². The highest BCUT2D eigenvalue weighted by molar-refractivity contribution is 5.90. The van der Waals surface area contributed by atoms with E-state index in [2.05, 4.69) is 10.2 Å². The molecule has 0 bridgehead atoms. The topological polar surface area (TPSA) is 57.0 Å². The van der Waals surface area contributed by atoms with E-state index in [0.717, 1.165) is 5.69 Å². The molecule has 15 heavy (non-hydrogen) atoms. The fourth-order valence-electron chi connectivity index (χ4n) is 1.83. The second-order valence-corrected chi connectivity index (χ2v) is 4.41. The Labute approximate surface area is 88.4 Å². The quantitative estimate of drug-likeness (QED) is 0.705. The summed E-state index contributed by atoms with van der Waals surface area (Å²) in [5.41, 5.74) is 0.213. The van der Waals surface area contributed by atoms with Crippen LogP contribution in [0.3, 0.4) is 0 Å². The molecule has 1 aliphatic rings. The van der Waals surface area contributed by atoms with Gasteiger partial charge in [0.25, 0.3) is 0 Å². The molecule has 2 rings (SSSR count). The first-order valence-electron chi connectivity index (χ1n) is 5.02. The van der Waals surface area contributed by atoms with Crippen LogP contribution in [0.15, 0.2) is 6.20 Å². The standard InChI is InChI=1S/C10H15N3O2/c1-10(2)9(14)7(6-15-10)4-8-5-11-13(3)12-8/h5,7H,4,6H2,1-3H3. The molecule has 1 unspecified atom stereocenters. The molecule has 0 radical (unpaired) electrons. The molecule has 0 aliphatic carbocycles.